The average Bonchev–Trinajstić information content (AvgIpc) is 3.03. The van der Waals surface area contributed by atoms with Gasteiger partial charge < -0.3 is 15.1 Å². The Kier molecular flexibility index (Phi) is 4.56. The zero-order valence-electron chi connectivity index (χ0n) is 13.5. The van der Waals surface area contributed by atoms with Crippen molar-refractivity contribution in [1.82, 2.24) is 10.2 Å². The molecule has 6 nitrogen and oxygen atoms in total. The first-order valence-electron chi connectivity index (χ1n) is 7.61. The monoisotopic (exact) mass is 322 g/mol. The number of nitrogens with zero attached hydrogens (tertiary/aromatic N) is 2. The number of amides is 1. The van der Waals surface area contributed by atoms with Crippen molar-refractivity contribution >= 4 is 17.3 Å². The Hall–Kier alpha value is -3.15. The summed E-state index contributed by atoms with van der Waals surface area (Å²) in [6.45, 7) is 3.93. The van der Waals surface area contributed by atoms with E-state index < -0.39 is 0 Å². The first-order chi connectivity index (χ1) is 11.6. The number of anilines is 2. The van der Waals surface area contributed by atoms with E-state index in [1.807, 2.05) is 55.5 Å². The molecular formula is C18H18N4O2. The van der Waals surface area contributed by atoms with Gasteiger partial charge >= 0.3 is 0 Å². The lowest BCUT2D eigenvalue weighted by atomic mass is 10.1. The van der Waals surface area contributed by atoms with E-state index in [4.69, 9.17) is 4.42 Å². The van der Waals surface area contributed by atoms with Gasteiger partial charge in [0.1, 0.15) is 0 Å². The van der Waals surface area contributed by atoms with Crippen molar-refractivity contribution in [3.05, 3.63) is 60.0 Å². The van der Waals surface area contributed by atoms with Crippen molar-refractivity contribution in [3.63, 3.8) is 0 Å². The summed E-state index contributed by atoms with van der Waals surface area (Å²) in [5.41, 5.74) is 3.71. The summed E-state index contributed by atoms with van der Waals surface area (Å²) in [5.74, 6) is 0.930. The highest BCUT2D eigenvalue weighted by molar-refractivity contribution is 5.88. The van der Waals surface area contributed by atoms with Crippen molar-refractivity contribution in [2.75, 3.05) is 10.6 Å². The number of hydrogen-bond donors (Lipinski definition) is 2. The molecule has 1 aromatic heterocycles. The second kappa shape index (κ2) is 6.95. The fourth-order valence-electron chi connectivity index (χ4n) is 2.27. The molecule has 0 radical (unpaired) electrons. The normalized spacial score (nSPS) is 10.4. The molecule has 0 aliphatic heterocycles. The Bertz CT molecular complexity index is 840. The van der Waals surface area contributed by atoms with E-state index >= 15 is 0 Å². The molecule has 0 aliphatic rings. The van der Waals surface area contributed by atoms with Crippen LogP contribution < -0.4 is 10.6 Å². The summed E-state index contributed by atoms with van der Waals surface area (Å²) in [7, 11) is 0. The molecule has 0 fully saturated rings. The van der Waals surface area contributed by atoms with E-state index in [-0.39, 0.29) is 5.91 Å². The molecule has 0 aliphatic carbocycles. The summed E-state index contributed by atoms with van der Waals surface area (Å²) in [6, 6.07) is 15.3. The van der Waals surface area contributed by atoms with Gasteiger partial charge in [-0.1, -0.05) is 17.7 Å². The van der Waals surface area contributed by atoms with Crippen LogP contribution in [0.4, 0.5) is 11.4 Å². The van der Waals surface area contributed by atoms with Crippen molar-refractivity contribution < 1.29 is 9.21 Å². The molecular weight excluding hydrogens is 304 g/mol. The van der Waals surface area contributed by atoms with Crippen LogP contribution in [0.5, 0.6) is 0 Å². The van der Waals surface area contributed by atoms with Crippen LogP contribution in [0.2, 0.25) is 0 Å². The molecule has 0 saturated heterocycles. The Morgan fingerprint density at radius 3 is 2.54 bits per heavy atom. The summed E-state index contributed by atoms with van der Waals surface area (Å²) in [4.78, 5) is 11.0. The zero-order valence-corrected chi connectivity index (χ0v) is 13.5. The van der Waals surface area contributed by atoms with E-state index in [9.17, 15) is 4.79 Å². The van der Waals surface area contributed by atoms with Crippen LogP contribution in [0.15, 0.2) is 52.9 Å². The smallest absolute Gasteiger partial charge is 0.247 e. The Balaban J connectivity index is 1.62. The first-order valence-corrected chi connectivity index (χ1v) is 7.61. The Morgan fingerprint density at radius 1 is 1.08 bits per heavy atom. The summed E-state index contributed by atoms with van der Waals surface area (Å²) in [6.07, 6.45) is 0. The third-order valence-electron chi connectivity index (χ3n) is 3.38. The minimum absolute atomic E-state index is 0.0924. The molecule has 0 spiro atoms. The molecule has 0 saturated carbocycles. The molecule has 1 amide bonds. The van der Waals surface area contributed by atoms with Crippen LogP contribution in [0.25, 0.3) is 11.5 Å². The van der Waals surface area contributed by atoms with Gasteiger partial charge in [0.05, 0.1) is 6.54 Å². The second-order valence-electron chi connectivity index (χ2n) is 5.48. The SMILES string of the molecule is CC(=O)Nc1ccc(NCc2nnc(-c3cccc(C)c3)o2)cc1. The predicted molar refractivity (Wildman–Crippen MR) is 92.5 cm³/mol. The topological polar surface area (TPSA) is 80.0 Å². The number of hydrogen-bond acceptors (Lipinski definition) is 5. The van der Waals surface area contributed by atoms with Crippen LogP contribution >= 0.6 is 0 Å². The third-order valence-corrected chi connectivity index (χ3v) is 3.38. The van der Waals surface area contributed by atoms with E-state index in [0.717, 1.165) is 22.5 Å². The summed E-state index contributed by atoms with van der Waals surface area (Å²) >= 11 is 0. The quantitative estimate of drug-likeness (QED) is 0.750. The maximum atomic E-state index is 11.0. The Morgan fingerprint density at radius 2 is 1.83 bits per heavy atom. The molecule has 2 N–H and O–H groups in total. The summed E-state index contributed by atoms with van der Waals surface area (Å²) < 4.78 is 5.68. The molecule has 6 heteroatoms. The zero-order chi connectivity index (χ0) is 16.9. The lowest BCUT2D eigenvalue weighted by Crippen LogP contribution is -2.05. The first kappa shape index (κ1) is 15.7. The second-order valence-corrected chi connectivity index (χ2v) is 5.48. The lowest BCUT2D eigenvalue weighted by Gasteiger charge is -2.05. The van der Waals surface area contributed by atoms with Crippen LogP contribution in [0, 0.1) is 6.92 Å². The van der Waals surface area contributed by atoms with Gasteiger partial charge in [-0.05, 0) is 43.3 Å². The van der Waals surface area contributed by atoms with E-state index in [1.165, 1.54) is 6.92 Å². The highest BCUT2D eigenvalue weighted by Gasteiger charge is 2.08. The van der Waals surface area contributed by atoms with E-state index in [2.05, 4.69) is 20.8 Å². The van der Waals surface area contributed by atoms with Crippen molar-refractivity contribution in [1.29, 1.82) is 0 Å². The number of carbonyl (C=O) groups is 1. The van der Waals surface area contributed by atoms with Gasteiger partial charge in [-0.15, -0.1) is 10.2 Å². The van der Waals surface area contributed by atoms with Gasteiger partial charge in [-0.2, -0.15) is 0 Å². The number of rotatable bonds is 5. The maximum Gasteiger partial charge on any atom is 0.247 e. The maximum absolute atomic E-state index is 11.0. The highest BCUT2D eigenvalue weighted by Crippen LogP contribution is 2.19. The van der Waals surface area contributed by atoms with Crippen molar-refractivity contribution in [3.8, 4) is 11.5 Å². The van der Waals surface area contributed by atoms with Crippen LogP contribution in [-0.2, 0) is 11.3 Å². The molecule has 122 valence electrons. The van der Waals surface area contributed by atoms with Crippen molar-refractivity contribution in [2.45, 2.75) is 20.4 Å². The molecule has 3 rings (SSSR count). The average molecular weight is 322 g/mol. The fourth-order valence-corrected chi connectivity index (χ4v) is 2.27. The molecule has 1 heterocycles. The van der Waals surface area contributed by atoms with Crippen LogP contribution in [-0.4, -0.2) is 16.1 Å². The van der Waals surface area contributed by atoms with Gasteiger partial charge in [-0.3, -0.25) is 4.79 Å². The summed E-state index contributed by atoms with van der Waals surface area (Å²) in [5, 5.41) is 14.1. The molecule has 2 aromatic carbocycles. The fraction of sp³-hybridized carbons (Fsp3) is 0.167. The highest BCUT2D eigenvalue weighted by atomic mass is 16.4. The number of aryl methyl sites for hydroxylation is 1. The van der Waals surface area contributed by atoms with Crippen LogP contribution in [0.1, 0.15) is 18.4 Å². The van der Waals surface area contributed by atoms with Crippen molar-refractivity contribution in [2.24, 2.45) is 0 Å². The lowest BCUT2D eigenvalue weighted by molar-refractivity contribution is -0.114. The number of aromatic nitrogens is 2. The van der Waals surface area contributed by atoms with Gasteiger partial charge in [0.2, 0.25) is 17.7 Å². The molecule has 3 aromatic rings. The minimum atomic E-state index is -0.0924. The van der Waals surface area contributed by atoms with Gasteiger partial charge in [0.15, 0.2) is 0 Å². The molecule has 0 unspecified atom stereocenters. The molecule has 0 bridgehead atoms. The molecule has 0 atom stereocenters. The standard InChI is InChI=1S/C18H18N4O2/c1-12-4-3-5-14(10-12)18-22-21-17(24-18)11-19-15-6-8-16(9-7-15)20-13(2)23/h3-10,19H,11H2,1-2H3,(H,20,23). The number of carbonyl (C=O) groups excluding carboxylic acids is 1. The molecule has 24 heavy (non-hydrogen) atoms. The minimum Gasteiger partial charge on any atom is -0.419 e. The van der Waals surface area contributed by atoms with E-state index in [1.54, 1.807) is 0 Å². The number of benzene rings is 2. The largest absolute Gasteiger partial charge is 0.419 e. The number of nitrogens with one attached hydrogen (secondary N) is 2. The predicted octanol–water partition coefficient (Wildman–Crippen LogP) is 3.62. The van der Waals surface area contributed by atoms with Crippen LogP contribution in [0.3, 0.4) is 0 Å². The van der Waals surface area contributed by atoms with Gasteiger partial charge in [0.25, 0.3) is 0 Å². The van der Waals surface area contributed by atoms with Gasteiger partial charge in [0, 0.05) is 23.9 Å². The third kappa shape index (κ3) is 3.98. The van der Waals surface area contributed by atoms with Gasteiger partial charge in [-0.25, -0.2) is 0 Å². The Labute approximate surface area is 139 Å². The van der Waals surface area contributed by atoms with E-state index in [0.29, 0.717) is 18.3 Å².